The van der Waals surface area contributed by atoms with Gasteiger partial charge in [0.15, 0.2) is 0 Å². The van der Waals surface area contributed by atoms with Crippen LogP contribution in [0.3, 0.4) is 0 Å². The lowest BCUT2D eigenvalue weighted by atomic mass is 9.81. The zero-order chi connectivity index (χ0) is 11.5. The summed E-state index contributed by atoms with van der Waals surface area (Å²) in [5.41, 5.74) is -0.215. The number of hydrogen-bond acceptors (Lipinski definition) is 3. The fourth-order valence-corrected chi connectivity index (χ4v) is 2.22. The lowest BCUT2D eigenvalue weighted by molar-refractivity contribution is 0.217. The molecular weight excluding hydrogens is 226 g/mol. The maximum absolute atomic E-state index is 12.0. The van der Waals surface area contributed by atoms with Crippen LogP contribution in [-0.4, -0.2) is 33.8 Å². The largest absolute Gasteiger partial charge is 0.350 e. The van der Waals surface area contributed by atoms with Gasteiger partial charge in [0.2, 0.25) is 0 Å². The maximum Gasteiger partial charge on any atom is 0.350 e. The van der Waals surface area contributed by atoms with Crippen molar-refractivity contribution in [2.75, 3.05) is 19.6 Å². The van der Waals surface area contributed by atoms with Gasteiger partial charge in [0.1, 0.15) is 0 Å². The molecule has 0 radical (unpaired) electrons. The molecule has 1 saturated heterocycles. The van der Waals surface area contributed by atoms with Crippen LogP contribution in [0.2, 0.25) is 0 Å². The molecule has 0 aromatic heterocycles. The van der Waals surface area contributed by atoms with Crippen molar-refractivity contribution in [1.29, 1.82) is 0 Å². The van der Waals surface area contributed by atoms with E-state index in [4.69, 9.17) is 0 Å². The number of hydrogen-bond donors (Lipinski definition) is 2. The van der Waals surface area contributed by atoms with Gasteiger partial charge in [-0.25, -0.2) is 13.1 Å². The van der Waals surface area contributed by atoms with Crippen LogP contribution >= 0.6 is 0 Å². The molecule has 0 saturated carbocycles. The molecule has 1 aliphatic rings. The average Bonchev–Trinajstić information content (AvgIpc) is 2.16. The van der Waals surface area contributed by atoms with Crippen LogP contribution in [0.1, 0.15) is 19.8 Å². The van der Waals surface area contributed by atoms with Crippen LogP contribution < -0.4 is 10.0 Å². The van der Waals surface area contributed by atoms with Gasteiger partial charge >= 0.3 is 5.76 Å². The Kier molecular flexibility index (Phi) is 4.02. The summed E-state index contributed by atoms with van der Waals surface area (Å²) in [5, 5.41) is 3.13. The Bertz CT molecular complexity index is 300. The monoisotopic (exact) mass is 242 g/mol. The van der Waals surface area contributed by atoms with E-state index < -0.39 is 15.8 Å². The summed E-state index contributed by atoms with van der Waals surface area (Å²) in [6.45, 7) is 3.59. The third-order valence-electron chi connectivity index (χ3n) is 2.75. The predicted molar refractivity (Wildman–Crippen MR) is 53.1 cm³/mol. The standard InChI is InChI=1S/C8H16F2N2O2S/c1-8(2-4-11-5-3-8)6-12-15(13,14)7(9)10/h7,11-12H,2-6H2,1H3. The Morgan fingerprint density at radius 3 is 2.40 bits per heavy atom. The molecule has 0 spiro atoms. The molecule has 1 aliphatic heterocycles. The zero-order valence-electron chi connectivity index (χ0n) is 8.59. The van der Waals surface area contributed by atoms with Gasteiger partial charge < -0.3 is 5.32 Å². The molecule has 90 valence electrons. The van der Waals surface area contributed by atoms with Crippen molar-refractivity contribution in [3.8, 4) is 0 Å². The zero-order valence-corrected chi connectivity index (χ0v) is 9.41. The number of piperidine rings is 1. The van der Waals surface area contributed by atoms with Gasteiger partial charge in [0, 0.05) is 6.54 Å². The molecule has 1 fully saturated rings. The van der Waals surface area contributed by atoms with E-state index in [1.54, 1.807) is 0 Å². The van der Waals surface area contributed by atoms with Gasteiger partial charge in [0.25, 0.3) is 10.0 Å². The smallest absolute Gasteiger partial charge is 0.317 e. The first-order chi connectivity index (χ1) is 6.86. The van der Waals surface area contributed by atoms with E-state index in [1.807, 2.05) is 11.6 Å². The molecule has 0 aromatic carbocycles. The second-order valence-corrected chi connectivity index (χ2v) is 5.92. The quantitative estimate of drug-likeness (QED) is 0.755. The normalized spacial score (nSPS) is 21.9. The van der Waals surface area contributed by atoms with Crippen LogP contribution in [0, 0.1) is 5.41 Å². The first kappa shape index (κ1) is 12.8. The van der Waals surface area contributed by atoms with Crippen molar-refractivity contribution < 1.29 is 17.2 Å². The summed E-state index contributed by atoms with van der Waals surface area (Å²) in [6.07, 6.45) is 1.58. The number of sulfonamides is 1. The predicted octanol–water partition coefficient (Wildman–Crippen LogP) is 0.518. The van der Waals surface area contributed by atoms with E-state index in [0.717, 1.165) is 25.9 Å². The molecular formula is C8H16F2N2O2S. The van der Waals surface area contributed by atoms with Crippen LogP contribution in [0.15, 0.2) is 0 Å². The Balaban J connectivity index is 2.48. The number of halogens is 2. The van der Waals surface area contributed by atoms with Crippen molar-refractivity contribution in [1.82, 2.24) is 10.0 Å². The molecule has 1 heterocycles. The SMILES string of the molecule is CC1(CNS(=O)(=O)C(F)F)CCNCC1. The molecule has 0 amide bonds. The minimum Gasteiger partial charge on any atom is -0.317 e. The summed E-state index contributed by atoms with van der Waals surface area (Å²) in [6, 6.07) is 0. The van der Waals surface area contributed by atoms with Crippen molar-refractivity contribution >= 4 is 10.0 Å². The Morgan fingerprint density at radius 2 is 1.93 bits per heavy atom. The molecule has 0 bridgehead atoms. The van der Waals surface area contributed by atoms with E-state index in [0.29, 0.717) is 0 Å². The lowest BCUT2D eigenvalue weighted by Crippen LogP contribution is -2.44. The average molecular weight is 242 g/mol. The Morgan fingerprint density at radius 1 is 1.40 bits per heavy atom. The second kappa shape index (κ2) is 4.71. The van der Waals surface area contributed by atoms with Crippen molar-refractivity contribution in [3.05, 3.63) is 0 Å². The Labute approximate surface area is 88.5 Å². The fourth-order valence-electron chi connectivity index (χ4n) is 1.54. The number of nitrogens with one attached hydrogen (secondary N) is 2. The van der Waals surface area contributed by atoms with Crippen molar-refractivity contribution in [2.45, 2.75) is 25.5 Å². The molecule has 1 rings (SSSR count). The molecule has 15 heavy (non-hydrogen) atoms. The minimum atomic E-state index is -4.44. The van der Waals surface area contributed by atoms with Crippen molar-refractivity contribution in [3.63, 3.8) is 0 Å². The molecule has 0 unspecified atom stereocenters. The highest BCUT2D eigenvalue weighted by Gasteiger charge is 2.31. The van der Waals surface area contributed by atoms with E-state index in [-0.39, 0.29) is 12.0 Å². The topological polar surface area (TPSA) is 58.2 Å². The van der Waals surface area contributed by atoms with Gasteiger partial charge in [-0.2, -0.15) is 8.78 Å². The van der Waals surface area contributed by atoms with E-state index in [9.17, 15) is 17.2 Å². The number of rotatable bonds is 4. The van der Waals surface area contributed by atoms with Gasteiger partial charge in [-0.05, 0) is 31.3 Å². The van der Waals surface area contributed by atoms with Gasteiger partial charge in [0.05, 0.1) is 0 Å². The van der Waals surface area contributed by atoms with Crippen LogP contribution in [0.25, 0.3) is 0 Å². The molecule has 4 nitrogen and oxygen atoms in total. The highest BCUT2D eigenvalue weighted by atomic mass is 32.2. The maximum atomic E-state index is 12.0. The summed E-state index contributed by atoms with van der Waals surface area (Å²) in [5.74, 6) is -3.34. The number of alkyl halides is 2. The lowest BCUT2D eigenvalue weighted by Gasteiger charge is -2.33. The van der Waals surface area contributed by atoms with Gasteiger partial charge in [-0.1, -0.05) is 6.92 Å². The third kappa shape index (κ3) is 3.66. The molecule has 0 aliphatic carbocycles. The van der Waals surface area contributed by atoms with Crippen molar-refractivity contribution in [2.24, 2.45) is 5.41 Å². The highest BCUT2D eigenvalue weighted by Crippen LogP contribution is 2.27. The van der Waals surface area contributed by atoms with E-state index in [1.165, 1.54) is 0 Å². The summed E-state index contributed by atoms with van der Waals surface area (Å²) in [7, 11) is -4.44. The van der Waals surface area contributed by atoms with E-state index in [2.05, 4.69) is 5.32 Å². The molecule has 0 aromatic rings. The van der Waals surface area contributed by atoms with Gasteiger partial charge in [-0.15, -0.1) is 0 Å². The molecule has 2 N–H and O–H groups in total. The third-order valence-corrected chi connectivity index (χ3v) is 3.76. The van der Waals surface area contributed by atoms with E-state index >= 15 is 0 Å². The van der Waals surface area contributed by atoms with Crippen LogP contribution in [0.5, 0.6) is 0 Å². The first-order valence-corrected chi connectivity index (χ1v) is 6.38. The van der Waals surface area contributed by atoms with Crippen LogP contribution in [0.4, 0.5) is 8.78 Å². The summed E-state index contributed by atoms with van der Waals surface area (Å²) >= 11 is 0. The minimum absolute atomic E-state index is 0.0847. The second-order valence-electron chi connectivity index (χ2n) is 4.19. The van der Waals surface area contributed by atoms with Crippen LogP contribution in [-0.2, 0) is 10.0 Å². The molecule has 7 heteroatoms. The first-order valence-electron chi connectivity index (χ1n) is 4.83. The van der Waals surface area contributed by atoms with Gasteiger partial charge in [-0.3, -0.25) is 0 Å². The Hall–Kier alpha value is -0.270. The molecule has 0 atom stereocenters. The fraction of sp³-hybridized carbons (Fsp3) is 1.00. The highest BCUT2D eigenvalue weighted by molar-refractivity contribution is 7.89. The summed E-state index contributed by atoms with van der Waals surface area (Å²) < 4.78 is 47.7. The summed E-state index contributed by atoms with van der Waals surface area (Å²) in [4.78, 5) is 0.